The molecular weight excluding hydrogens is 214 g/mol. The van der Waals surface area contributed by atoms with Crippen LogP contribution in [0.2, 0.25) is 0 Å². The summed E-state index contributed by atoms with van der Waals surface area (Å²) in [5, 5.41) is 2.96. The van der Waals surface area contributed by atoms with E-state index in [1.54, 1.807) is 6.92 Å². The molecule has 1 heterocycles. The Morgan fingerprint density at radius 3 is 2.59 bits per heavy atom. The van der Waals surface area contributed by atoms with Crippen LogP contribution in [0.1, 0.15) is 40.0 Å². The van der Waals surface area contributed by atoms with Crippen molar-refractivity contribution >= 4 is 5.91 Å². The Bertz CT molecular complexity index is 247. The van der Waals surface area contributed by atoms with E-state index in [1.165, 1.54) is 25.9 Å². The first-order valence-electron chi connectivity index (χ1n) is 6.75. The molecule has 0 aliphatic carbocycles. The van der Waals surface area contributed by atoms with Crippen LogP contribution in [0, 0.1) is 5.92 Å². The van der Waals surface area contributed by atoms with E-state index in [0.29, 0.717) is 12.3 Å². The lowest BCUT2D eigenvalue weighted by Crippen LogP contribution is -2.52. The van der Waals surface area contributed by atoms with Gasteiger partial charge in [0.15, 0.2) is 0 Å². The third kappa shape index (κ3) is 4.64. The fourth-order valence-corrected chi connectivity index (χ4v) is 2.10. The Balaban J connectivity index is 2.23. The number of likely N-dealkylation sites (tertiary alicyclic amines) is 1. The molecule has 2 unspecified atom stereocenters. The second-order valence-electron chi connectivity index (χ2n) is 5.59. The SMILES string of the molecule is CCC(C)(N)C(=O)NCC(C)CN1CCCC1. The van der Waals surface area contributed by atoms with Crippen molar-refractivity contribution in [2.24, 2.45) is 11.7 Å². The van der Waals surface area contributed by atoms with Gasteiger partial charge in [0.25, 0.3) is 0 Å². The summed E-state index contributed by atoms with van der Waals surface area (Å²) in [6.07, 6.45) is 3.30. The number of carbonyl (C=O) groups is 1. The molecule has 1 aliphatic heterocycles. The second-order valence-corrected chi connectivity index (χ2v) is 5.59. The number of nitrogens with one attached hydrogen (secondary N) is 1. The molecule has 1 aliphatic rings. The molecule has 100 valence electrons. The highest BCUT2D eigenvalue weighted by Gasteiger charge is 2.26. The van der Waals surface area contributed by atoms with Crippen LogP contribution in [0.5, 0.6) is 0 Å². The summed E-state index contributed by atoms with van der Waals surface area (Å²) >= 11 is 0. The molecule has 1 fully saturated rings. The predicted molar refractivity (Wildman–Crippen MR) is 70.7 cm³/mol. The smallest absolute Gasteiger partial charge is 0.239 e. The first-order valence-corrected chi connectivity index (χ1v) is 6.75. The molecule has 0 aromatic carbocycles. The highest BCUT2D eigenvalue weighted by Crippen LogP contribution is 2.10. The lowest BCUT2D eigenvalue weighted by Gasteiger charge is -2.24. The summed E-state index contributed by atoms with van der Waals surface area (Å²) in [6, 6.07) is 0. The second kappa shape index (κ2) is 6.36. The van der Waals surface area contributed by atoms with Crippen LogP contribution >= 0.6 is 0 Å². The fraction of sp³-hybridized carbons (Fsp3) is 0.923. The molecule has 0 radical (unpaired) electrons. The molecule has 1 rings (SSSR count). The zero-order valence-corrected chi connectivity index (χ0v) is 11.5. The Morgan fingerprint density at radius 2 is 2.06 bits per heavy atom. The van der Waals surface area contributed by atoms with Crippen LogP contribution in [-0.2, 0) is 4.79 Å². The van der Waals surface area contributed by atoms with E-state index in [0.717, 1.165) is 13.1 Å². The number of hydrogen-bond donors (Lipinski definition) is 2. The van der Waals surface area contributed by atoms with Crippen LogP contribution in [0.25, 0.3) is 0 Å². The van der Waals surface area contributed by atoms with Gasteiger partial charge in [-0.2, -0.15) is 0 Å². The van der Waals surface area contributed by atoms with Gasteiger partial charge in [-0.05, 0) is 45.2 Å². The Hall–Kier alpha value is -0.610. The highest BCUT2D eigenvalue weighted by molar-refractivity contribution is 5.85. The number of nitrogens with zero attached hydrogens (tertiary/aromatic N) is 1. The molecule has 4 heteroatoms. The van der Waals surface area contributed by atoms with Crippen molar-refractivity contribution in [1.29, 1.82) is 0 Å². The van der Waals surface area contributed by atoms with Gasteiger partial charge in [-0.3, -0.25) is 4.79 Å². The van der Waals surface area contributed by atoms with Gasteiger partial charge in [0, 0.05) is 13.1 Å². The van der Waals surface area contributed by atoms with Crippen molar-refractivity contribution in [3.8, 4) is 0 Å². The van der Waals surface area contributed by atoms with Crippen molar-refractivity contribution < 1.29 is 4.79 Å². The van der Waals surface area contributed by atoms with Gasteiger partial charge in [0.1, 0.15) is 0 Å². The minimum atomic E-state index is -0.729. The fourth-order valence-electron chi connectivity index (χ4n) is 2.10. The Labute approximate surface area is 105 Å². The monoisotopic (exact) mass is 241 g/mol. The van der Waals surface area contributed by atoms with E-state index in [9.17, 15) is 4.79 Å². The van der Waals surface area contributed by atoms with Gasteiger partial charge in [0.05, 0.1) is 5.54 Å². The molecule has 0 spiro atoms. The third-order valence-corrected chi connectivity index (χ3v) is 3.63. The molecule has 17 heavy (non-hydrogen) atoms. The minimum absolute atomic E-state index is 0.0340. The molecular formula is C13H27N3O. The molecule has 0 aromatic heterocycles. The van der Waals surface area contributed by atoms with Crippen LogP contribution in [0.4, 0.5) is 0 Å². The zero-order chi connectivity index (χ0) is 12.9. The summed E-state index contributed by atoms with van der Waals surface area (Å²) in [7, 11) is 0. The number of rotatable bonds is 6. The normalized spacial score (nSPS) is 22.1. The molecule has 1 amide bonds. The molecule has 3 N–H and O–H groups in total. The maximum atomic E-state index is 11.8. The largest absolute Gasteiger partial charge is 0.354 e. The maximum Gasteiger partial charge on any atom is 0.239 e. The third-order valence-electron chi connectivity index (χ3n) is 3.63. The lowest BCUT2D eigenvalue weighted by molar-refractivity contribution is -0.126. The molecule has 1 saturated heterocycles. The van der Waals surface area contributed by atoms with Crippen molar-refractivity contribution in [1.82, 2.24) is 10.2 Å². The molecule has 2 atom stereocenters. The van der Waals surface area contributed by atoms with Crippen molar-refractivity contribution in [3.05, 3.63) is 0 Å². The van der Waals surface area contributed by atoms with E-state index < -0.39 is 5.54 Å². The maximum absolute atomic E-state index is 11.8. The number of amides is 1. The quantitative estimate of drug-likeness (QED) is 0.728. The van der Waals surface area contributed by atoms with E-state index in [-0.39, 0.29) is 5.91 Å². The van der Waals surface area contributed by atoms with Gasteiger partial charge in [-0.25, -0.2) is 0 Å². The number of carbonyl (C=O) groups excluding carboxylic acids is 1. The van der Waals surface area contributed by atoms with Gasteiger partial charge in [0.2, 0.25) is 5.91 Å². The van der Waals surface area contributed by atoms with Crippen molar-refractivity contribution in [2.45, 2.75) is 45.6 Å². The zero-order valence-electron chi connectivity index (χ0n) is 11.5. The van der Waals surface area contributed by atoms with Gasteiger partial charge >= 0.3 is 0 Å². The number of hydrogen-bond acceptors (Lipinski definition) is 3. The van der Waals surface area contributed by atoms with E-state index in [1.807, 2.05) is 6.92 Å². The standard InChI is InChI=1S/C13H27N3O/c1-4-13(3,14)12(17)15-9-11(2)10-16-7-5-6-8-16/h11H,4-10,14H2,1-3H3,(H,15,17). The topological polar surface area (TPSA) is 58.4 Å². The van der Waals surface area contributed by atoms with Crippen LogP contribution < -0.4 is 11.1 Å². The van der Waals surface area contributed by atoms with Gasteiger partial charge in [-0.1, -0.05) is 13.8 Å². The van der Waals surface area contributed by atoms with Crippen LogP contribution in [-0.4, -0.2) is 42.5 Å². The predicted octanol–water partition coefficient (Wildman–Crippen LogP) is 0.962. The summed E-state index contributed by atoms with van der Waals surface area (Å²) in [6.45, 7) is 10.1. The van der Waals surface area contributed by atoms with Crippen molar-refractivity contribution in [2.75, 3.05) is 26.2 Å². The molecule has 0 saturated carbocycles. The average Bonchev–Trinajstić information content (AvgIpc) is 2.78. The molecule has 0 aromatic rings. The minimum Gasteiger partial charge on any atom is -0.354 e. The van der Waals surface area contributed by atoms with Crippen LogP contribution in [0.3, 0.4) is 0 Å². The highest BCUT2D eigenvalue weighted by atomic mass is 16.2. The van der Waals surface area contributed by atoms with Gasteiger partial charge < -0.3 is 16.0 Å². The number of nitrogens with two attached hydrogens (primary N) is 1. The Kier molecular flexibility index (Phi) is 5.40. The lowest BCUT2D eigenvalue weighted by atomic mass is 9.99. The Morgan fingerprint density at radius 1 is 1.47 bits per heavy atom. The first-order chi connectivity index (χ1) is 7.95. The van der Waals surface area contributed by atoms with E-state index in [2.05, 4.69) is 17.1 Å². The molecule has 0 bridgehead atoms. The summed E-state index contributed by atoms with van der Waals surface area (Å²) in [4.78, 5) is 14.3. The molecule has 4 nitrogen and oxygen atoms in total. The summed E-state index contributed by atoms with van der Waals surface area (Å²) in [5.74, 6) is 0.456. The summed E-state index contributed by atoms with van der Waals surface area (Å²) in [5.41, 5.74) is 5.16. The van der Waals surface area contributed by atoms with Gasteiger partial charge in [-0.15, -0.1) is 0 Å². The average molecular weight is 241 g/mol. The van der Waals surface area contributed by atoms with Crippen molar-refractivity contribution in [3.63, 3.8) is 0 Å². The van der Waals surface area contributed by atoms with E-state index >= 15 is 0 Å². The van der Waals surface area contributed by atoms with Crippen LogP contribution in [0.15, 0.2) is 0 Å². The first kappa shape index (κ1) is 14.5. The van der Waals surface area contributed by atoms with E-state index in [4.69, 9.17) is 5.73 Å². The summed E-state index contributed by atoms with van der Waals surface area (Å²) < 4.78 is 0.